The molecule has 0 heterocycles. The Balaban J connectivity index is 3.06. The minimum atomic E-state index is -0.408. The molecule has 0 aliphatic carbocycles. The van der Waals surface area contributed by atoms with E-state index < -0.39 is 5.82 Å². The van der Waals surface area contributed by atoms with E-state index in [1.807, 2.05) is 0 Å². The maximum absolute atomic E-state index is 13.0. The summed E-state index contributed by atoms with van der Waals surface area (Å²) in [6, 6.07) is 2.92. The summed E-state index contributed by atoms with van der Waals surface area (Å²) in [5.74, 6) is -0.408. The Labute approximate surface area is 84.5 Å². The van der Waals surface area contributed by atoms with Crippen molar-refractivity contribution in [2.24, 2.45) is 0 Å². The van der Waals surface area contributed by atoms with E-state index >= 15 is 0 Å². The van der Waals surface area contributed by atoms with Crippen LogP contribution in [-0.4, -0.2) is 12.2 Å². The van der Waals surface area contributed by atoms with E-state index in [0.717, 1.165) is 5.56 Å². The van der Waals surface area contributed by atoms with Crippen molar-refractivity contribution < 1.29 is 14.2 Å². The van der Waals surface area contributed by atoms with E-state index in [1.54, 1.807) is 13.2 Å². The van der Waals surface area contributed by atoms with Crippen LogP contribution in [-0.2, 0) is 18.0 Å². The molecule has 0 atom stereocenters. The van der Waals surface area contributed by atoms with Gasteiger partial charge in [0.15, 0.2) is 0 Å². The average molecular weight is 249 g/mol. The number of hydrogen-bond donors (Lipinski definition) is 1. The van der Waals surface area contributed by atoms with Crippen LogP contribution in [0.25, 0.3) is 0 Å². The number of benzene rings is 1. The summed E-state index contributed by atoms with van der Waals surface area (Å²) in [6.45, 7) is 0.101. The summed E-state index contributed by atoms with van der Waals surface area (Å²) in [6.07, 6.45) is 0. The van der Waals surface area contributed by atoms with E-state index in [2.05, 4.69) is 15.9 Å². The third kappa shape index (κ3) is 2.49. The second-order valence-corrected chi connectivity index (χ2v) is 3.48. The first kappa shape index (κ1) is 10.6. The first-order valence-electron chi connectivity index (χ1n) is 3.75. The minimum Gasteiger partial charge on any atom is -0.392 e. The summed E-state index contributed by atoms with van der Waals surface area (Å²) in [4.78, 5) is 0. The summed E-state index contributed by atoms with van der Waals surface area (Å²) in [5, 5.41) is 8.81. The molecule has 0 bridgehead atoms. The van der Waals surface area contributed by atoms with Crippen LogP contribution in [0.1, 0.15) is 11.1 Å². The van der Waals surface area contributed by atoms with Crippen LogP contribution in [0, 0.1) is 5.82 Å². The third-order valence-corrected chi connectivity index (χ3v) is 2.42. The number of rotatable bonds is 3. The summed E-state index contributed by atoms with van der Waals surface area (Å²) >= 11 is 3.21. The number of hydrogen-bond acceptors (Lipinski definition) is 2. The maximum atomic E-state index is 13.0. The first-order chi connectivity index (χ1) is 6.19. The van der Waals surface area contributed by atoms with Crippen LogP contribution in [0.5, 0.6) is 0 Å². The molecule has 1 aromatic carbocycles. The number of aliphatic hydroxyl groups excluding tert-OH is 1. The van der Waals surface area contributed by atoms with Crippen molar-refractivity contribution >= 4 is 15.9 Å². The average Bonchev–Trinajstić information content (AvgIpc) is 2.10. The van der Waals surface area contributed by atoms with E-state index in [1.165, 1.54) is 6.07 Å². The van der Waals surface area contributed by atoms with E-state index in [4.69, 9.17) is 9.84 Å². The molecule has 4 heteroatoms. The SMILES string of the molecule is COCc1cc(CO)c(F)cc1Br. The molecule has 1 N–H and O–H groups in total. The zero-order chi connectivity index (χ0) is 9.84. The summed E-state index contributed by atoms with van der Waals surface area (Å²) in [7, 11) is 1.56. The fraction of sp³-hybridized carbons (Fsp3) is 0.333. The Morgan fingerprint density at radius 3 is 2.69 bits per heavy atom. The smallest absolute Gasteiger partial charge is 0.129 e. The molecule has 0 aromatic heterocycles. The van der Waals surface area contributed by atoms with Gasteiger partial charge in [0.1, 0.15) is 5.82 Å². The lowest BCUT2D eigenvalue weighted by Gasteiger charge is -2.06. The first-order valence-corrected chi connectivity index (χ1v) is 4.55. The van der Waals surface area contributed by atoms with Crippen LogP contribution in [0.15, 0.2) is 16.6 Å². The number of ether oxygens (including phenoxy) is 1. The highest BCUT2D eigenvalue weighted by atomic mass is 79.9. The van der Waals surface area contributed by atoms with Crippen molar-refractivity contribution in [1.29, 1.82) is 0 Å². The van der Waals surface area contributed by atoms with Crippen LogP contribution in [0.2, 0.25) is 0 Å². The molecular formula is C9H10BrFO2. The van der Waals surface area contributed by atoms with E-state index in [0.29, 0.717) is 11.1 Å². The minimum absolute atomic E-state index is 0.287. The number of methoxy groups -OCH3 is 1. The lowest BCUT2D eigenvalue weighted by atomic mass is 10.1. The van der Waals surface area contributed by atoms with Crippen molar-refractivity contribution in [2.75, 3.05) is 7.11 Å². The van der Waals surface area contributed by atoms with Gasteiger partial charge in [-0.25, -0.2) is 4.39 Å². The van der Waals surface area contributed by atoms with Gasteiger partial charge in [0.25, 0.3) is 0 Å². The van der Waals surface area contributed by atoms with Gasteiger partial charge in [0.2, 0.25) is 0 Å². The molecule has 1 rings (SSSR count). The molecule has 0 unspecified atom stereocenters. The van der Waals surface area contributed by atoms with Crippen molar-refractivity contribution in [3.63, 3.8) is 0 Å². The van der Waals surface area contributed by atoms with E-state index in [-0.39, 0.29) is 12.2 Å². The van der Waals surface area contributed by atoms with Gasteiger partial charge < -0.3 is 9.84 Å². The Morgan fingerprint density at radius 2 is 2.15 bits per heavy atom. The molecule has 0 saturated carbocycles. The van der Waals surface area contributed by atoms with Gasteiger partial charge in [0.05, 0.1) is 13.2 Å². The fourth-order valence-electron chi connectivity index (χ4n) is 1.03. The molecule has 0 amide bonds. The molecule has 0 saturated heterocycles. The predicted molar refractivity (Wildman–Crippen MR) is 50.7 cm³/mol. The molecule has 1 aromatic rings. The molecule has 0 fully saturated rings. The van der Waals surface area contributed by atoms with Crippen molar-refractivity contribution in [3.05, 3.63) is 33.5 Å². The van der Waals surface area contributed by atoms with Crippen LogP contribution < -0.4 is 0 Å². The molecule has 13 heavy (non-hydrogen) atoms. The maximum Gasteiger partial charge on any atom is 0.129 e. The number of aliphatic hydroxyl groups is 1. The Morgan fingerprint density at radius 1 is 1.46 bits per heavy atom. The van der Waals surface area contributed by atoms with Crippen LogP contribution in [0.4, 0.5) is 4.39 Å². The molecule has 72 valence electrons. The topological polar surface area (TPSA) is 29.5 Å². The lowest BCUT2D eigenvalue weighted by molar-refractivity contribution is 0.184. The monoisotopic (exact) mass is 248 g/mol. The zero-order valence-electron chi connectivity index (χ0n) is 7.18. The second-order valence-electron chi connectivity index (χ2n) is 2.63. The highest BCUT2D eigenvalue weighted by Gasteiger charge is 2.06. The Kier molecular flexibility index (Phi) is 3.84. The van der Waals surface area contributed by atoms with Crippen LogP contribution in [0.3, 0.4) is 0 Å². The van der Waals surface area contributed by atoms with Gasteiger partial charge in [-0.2, -0.15) is 0 Å². The summed E-state index contributed by atoms with van der Waals surface area (Å²) < 4.78 is 18.6. The highest BCUT2D eigenvalue weighted by Crippen LogP contribution is 2.22. The summed E-state index contributed by atoms with van der Waals surface area (Å²) in [5.41, 5.74) is 1.11. The molecular weight excluding hydrogens is 239 g/mol. The fourth-order valence-corrected chi connectivity index (χ4v) is 1.46. The number of halogens is 2. The Hall–Kier alpha value is -0.450. The molecule has 2 nitrogen and oxygen atoms in total. The van der Waals surface area contributed by atoms with Gasteiger partial charge in [-0.15, -0.1) is 0 Å². The quantitative estimate of drug-likeness (QED) is 0.890. The van der Waals surface area contributed by atoms with Crippen LogP contribution >= 0.6 is 15.9 Å². The van der Waals surface area contributed by atoms with Crippen molar-refractivity contribution in [2.45, 2.75) is 13.2 Å². The lowest BCUT2D eigenvalue weighted by Crippen LogP contribution is -1.96. The predicted octanol–water partition coefficient (Wildman–Crippen LogP) is 2.23. The second kappa shape index (κ2) is 4.69. The normalized spacial score (nSPS) is 10.5. The highest BCUT2D eigenvalue weighted by molar-refractivity contribution is 9.10. The van der Waals surface area contributed by atoms with E-state index in [9.17, 15) is 4.39 Å². The standard InChI is InChI=1S/C9H10BrFO2/c1-13-5-7-2-6(4-12)9(11)3-8(7)10/h2-3,12H,4-5H2,1H3. The van der Waals surface area contributed by atoms with Gasteiger partial charge in [-0.05, 0) is 17.7 Å². The van der Waals surface area contributed by atoms with Gasteiger partial charge >= 0.3 is 0 Å². The van der Waals surface area contributed by atoms with Crippen molar-refractivity contribution in [3.8, 4) is 0 Å². The third-order valence-electron chi connectivity index (χ3n) is 1.69. The van der Waals surface area contributed by atoms with Gasteiger partial charge in [-0.3, -0.25) is 0 Å². The molecule has 0 aliphatic heterocycles. The largest absolute Gasteiger partial charge is 0.392 e. The van der Waals surface area contributed by atoms with Gasteiger partial charge in [0, 0.05) is 17.1 Å². The molecule has 0 radical (unpaired) electrons. The van der Waals surface area contributed by atoms with Crippen molar-refractivity contribution in [1.82, 2.24) is 0 Å². The molecule has 0 aliphatic rings. The Bertz CT molecular complexity index is 302. The molecule has 0 spiro atoms. The zero-order valence-corrected chi connectivity index (χ0v) is 8.77. The van der Waals surface area contributed by atoms with Gasteiger partial charge in [-0.1, -0.05) is 15.9 Å².